The minimum absolute atomic E-state index is 0.00980. The summed E-state index contributed by atoms with van der Waals surface area (Å²) in [6.45, 7) is 6.47. The first-order valence-electron chi connectivity index (χ1n) is 8.31. The monoisotopic (exact) mass is 347 g/mol. The summed E-state index contributed by atoms with van der Waals surface area (Å²) in [4.78, 5) is 13.1. The van der Waals surface area contributed by atoms with Gasteiger partial charge in [-0.15, -0.1) is 0 Å². The molecule has 0 radical (unpaired) electrons. The van der Waals surface area contributed by atoms with Gasteiger partial charge in [0.1, 0.15) is 0 Å². The highest BCUT2D eigenvalue weighted by Crippen LogP contribution is 2.65. The number of carbonyl (C=O) groups excluding carboxylic acids is 1. The highest BCUT2D eigenvalue weighted by Gasteiger charge is 2.63. The fourth-order valence-electron chi connectivity index (χ4n) is 4.22. The highest BCUT2D eigenvalue weighted by atomic mass is 32.2. The van der Waals surface area contributed by atoms with Crippen LogP contribution in [0.4, 0.5) is 0 Å². The summed E-state index contributed by atoms with van der Waals surface area (Å²) < 4.78 is 25.5. The summed E-state index contributed by atoms with van der Waals surface area (Å²) in [6.07, 6.45) is 3.96. The summed E-state index contributed by atoms with van der Waals surface area (Å²) in [5, 5.41) is 0. The number of hydrogen-bond donors (Lipinski definition) is 0. The van der Waals surface area contributed by atoms with Gasteiger partial charge in [-0.3, -0.25) is 4.79 Å². The van der Waals surface area contributed by atoms with Crippen molar-refractivity contribution in [3.05, 3.63) is 35.4 Å². The Bertz CT molecular complexity index is 819. The first-order valence-corrected chi connectivity index (χ1v) is 9.75. The molecule has 1 aromatic rings. The van der Waals surface area contributed by atoms with E-state index in [1.54, 1.807) is 24.3 Å². The first-order chi connectivity index (χ1) is 11.0. The lowest BCUT2D eigenvalue weighted by atomic mass is 9.70. The van der Waals surface area contributed by atoms with E-state index >= 15 is 0 Å². The van der Waals surface area contributed by atoms with E-state index < -0.39 is 10.0 Å². The second kappa shape index (κ2) is 5.27. The van der Waals surface area contributed by atoms with E-state index in [4.69, 9.17) is 0 Å². The summed E-state index contributed by atoms with van der Waals surface area (Å²) in [7, 11) is -0.391. The number of allylic oxidation sites excluding steroid dienone is 1. The third-order valence-corrected chi connectivity index (χ3v) is 8.18. The van der Waals surface area contributed by atoms with Gasteiger partial charge in [0.2, 0.25) is 10.0 Å². The molecule has 2 aliphatic rings. The van der Waals surface area contributed by atoms with Gasteiger partial charge in [-0.05, 0) is 53.5 Å². The quantitative estimate of drug-likeness (QED) is 0.788. The molecule has 2 aliphatic carbocycles. The van der Waals surface area contributed by atoms with Crippen LogP contribution in [0, 0.1) is 16.7 Å². The number of Topliss-reactive ketones (excluding diaryl/α,β-unsaturated/α-hetero) is 1. The number of benzene rings is 1. The van der Waals surface area contributed by atoms with Crippen molar-refractivity contribution in [2.45, 2.75) is 38.5 Å². The zero-order valence-corrected chi connectivity index (χ0v) is 15.8. The number of sulfonamides is 1. The standard InChI is InChI=1S/C19H25NO3S/c1-18(2)16-10-11-19(18,3)17(21)15(16)12-13-6-8-14(9-7-13)24(22,23)20(4)5/h6-9,12,16H,10-11H2,1-5H3/b15-12+. The SMILES string of the molecule is CN(C)S(=O)(=O)c1ccc(/C=C2/C(=O)C3(C)CCC2C3(C)C)cc1. The zero-order valence-electron chi connectivity index (χ0n) is 15.0. The van der Waals surface area contributed by atoms with E-state index in [1.807, 2.05) is 6.08 Å². The summed E-state index contributed by atoms with van der Waals surface area (Å²) >= 11 is 0. The Morgan fingerprint density at radius 1 is 1.12 bits per heavy atom. The van der Waals surface area contributed by atoms with Gasteiger partial charge in [-0.2, -0.15) is 0 Å². The summed E-state index contributed by atoms with van der Waals surface area (Å²) in [6, 6.07) is 6.76. The van der Waals surface area contributed by atoms with E-state index in [1.165, 1.54) is 18.4 Å². The number of nitrogens with zero attached hydrogens (tertiary/aromatic N) is 1. The van der Waals surface area contributed by atoms with E-state index in [2.05, 4.69) is 20.8 Å². The zero-order chi connectivity index (χ0) is 17.9. The largest absolute Gasteiger partial charge is 0.294 e. The van der Waals surface area contributed by atoms with Gasteiger partial charge in [-0.25, -0.2) is 12.7 Å². The van der Waals surface area contributed by atoms with Crippen molar-refractivity contribution >= 4 is 21.9 Å². The normalized spacial score (nSPS) is 30.5. The van der Waals surface area contributed by atoms with Crippen LogP contribution in [0.1, 0.15) is 39.2 Å². The molecule has 2 fully saturated rings. The molecule has 0 heterocycles. The number of fused-ring (bicyclic) bond motifs is 2. The van der Waals surface area contributed by atoms with E-state index in [0.717, 1.165) is 24.0 Å². The van der Waals surface area contributed by atoms with Crippen molar-refractivity contribution in [2.75, 3.05) is 14.1 Å². The predicted molar refractivity (Wildman–Crippen MR) is 94.9 cm³/mol. The van der Waals surface area contributed by atoms with Crippen LogP contribution in [0.15, 0.2) is 34.7 Å². The second-order valence-electron chi connectivity index (χ2n) is 7.93. The van der Waals surface area contributed by atoms with Crippen LogP contribution in [0.2, 0.25) is 0 Å². The minimum Gasteiger partial charge on any atom is -0.294 e. The lowest BCUT2D eigenvalue weighted by Crippen LogP contribution is -2.32. The summed E-state index contributed by atoms with van der Waals surface area (Å²) in [5.74, 6) is 0.550. The van der Waals surface area contributed by atoms with E-state index in [9.17, 15) is 13.2 Å². The smallest absolute Gasteiger partial charge is 0.242 e. The molecule has 5 heteroatoms. The van der Waals surface area contributed by atoms with Crippen molar-refractivity contribution in [3.63, 3.8) is 0 Å². The van der Waals surface area contributed by atoms with Crippen molar-refractivity contribution < 1.29 is 13.2 Å². The Morgan fingerprint density at radius 3 is 2.17 bits per heavy atom. The van der Waals surface area contributed by atoms with Gasteiger partial charge < -0.3 is 0 Å². The van der Waals surface area contributed by atoms with Crippen LogP contribution < -0.4 is 0 Å². The molecule has 1 aromatic carbocycles. The molecule has 130 valence electrons. The van der Waals surface area contributed by atoms with Crippen molar-refractivity contribution in [2.24, 2.45) is 16.7 Å². The van der Waals surface area contributed by atoms with Crippen LogP contribution in [0.25, 0.3) is 6.08 Å². The predicted octanol–water partition coefficient (Wildman–Crippen LogP) is 3.35. The molecule has 0 aliphatic heterocycles. The molecular weight excluding hydrogens is 322 g/mol. The van der Waals surface area contributed by atoms with Crippen LogP contribution >= 0.6 is 0 Å². The number of carbonyl (C=O) groups is 1. The molecular formula is C19H25NO3S. The maximum Gasteiger partial charge on any atom is 0.242 e. The fraction of sp³-hybridized carbons (Fsp3) is 0.526. The molecule has 0 N–H and O–H groups in total. The van der Waals surface area contributed by atoms with Crippen LogP contribution in [-0.4, -0.2) is 32.6 Å². The molecule has 0 spiro atoms. The maximum absolute atomic E-state index is 12.9. The Morgan fingerprint density at radius 2 is 1.71 bits per heavy atom. The van der Waals surface area contributed by atoms with Gasteiger partial charge in [-0.1, -0.05) is 32.9 Å². The average molecular weight is 347 g/mol. The van der Waals surface area contributed by atoms with Crippen molar-refractivity contribution in [3.8, 4) is 0 Å². The molecule has 0 saturated heterocycles. The Kier molecular flexibility index (Phi) is 3.81. The molecule has 2 bridgehead atoms. The van der Waals surface area contributed by atoms with E-state index in [0.29, 0.717) is 5.92 Å². The molecule has 2 unspecified atom stereocenters. The van der Waals surface area contributed by atoms with Crippen molar-refractivity contribution in [1.82, 2.24) is 4.31 Å². The Balaban J connectivity index is 1.95. The topological polar surface area (TPSA) is 54.5 Å². The number of rotatable bonds is 3. The minimum atomic E-state index is -3.42. The molecule has 24 heavy (non-hydrogen) atoms. The maximum atomic E-state index is 12.9. The van der Waals surface area contributed by atoms with Gasteiger partial charge in [0, 0.05) is 19.5 Å². The molecule has 0 amide bonds. The molecule has 3 rings (SSSR count). The highest BCUT2D eigenvalue weighted by molar-refractivity contribution is 7.89. The van der Waals surface area contributed by atoms with Gasteiger partial charge in [0.05, 0.1) is 4.90 Å². The fourth-order valence-corrected chi connectivity index (χ4v) is 5.12. The van der Waals surface area contributed by atoms with E-state index in [-0.39, 0.29) is 21.5 Å². The lowest BCUT2D eigenvalue weighted by Gasteiger charge is -2.31. The second-order valence-corrected chi connectivity index (χ2v) is 10.1. The third kappa shape index (κ3) is 2.21. The number of ketones is 1. The number of hydrogen-bond acceptors (Lipinski definition) is 3. The molecule has 4 nitrogen and oxygen atoms in total. The van der Waals surface area contributed by atoms with Gasteiger partial charge >= 0.3 is 0 Å². The van der Waals surface area contributed by atoms with Crippen molar-refractivity contribution in [1.29, 1.82) is 0 Å². The van der Waals surface area contributed by atoms with Gasteiger partial charge in [0.25, 0.3) is 0 Å². The lowest BCUT2D eigenvalue weighted by molar-refractivity contribution is -0.125. The summed E-state index contributed by atoms with van der Waals surface area (Å²) in [5.41, 5.74) is 1.50. The third-order valence-electron chi connectivity index (χ3n) is 6.35. The first kappa shape index (κ1) is 17.4. The molecule has 0 aromatic heterocycles. The average Bonchev–Trinajstić information content (AvgIpc) is 2.82. The van der Waals surface area contributed by atoms with Gasteiger partial charge in [0.15, 0.2) is 5.78 Å². The van der Waals surface area contributed by atoms with Crippen LogP contribution in [0.5, 0.6) is 0 Å². The Hall–Kier alpha value is -1.46. The molecule has 2 atom stereocenters. The van der Waals surface area contributed by atoms with Crippen LogP contribution in [-0.2, 0) is 14.8 Å². The Labute approximate surface area is 144 Å². The molecule has 2 saturated carbocycles. The van der Waals surface area contributed by atoms with Crippen LogP contribution in [0.3, 0.4) is 0 Å².